The van der Waals surface area contributed by atoms with Gasteiger partial charge in [0.15, 0.2) is 16.6 Å². The summed E-state index contributed by atoms with van der Waals surface area (Å²) in [5.41, 5.74) is 4.96. The lowest BCUT2D eigenvalue weighted by atomic mass is 10.2. The summed E-state index contributed by atoms with van der Waals surface area (Å²) < 4.78 is 0. The molecule has 0 radical (unpaired) electrons. The van der Waals surface area contributed by atoms with E-state index < -0.39 is 0 Å². The van der Waals surface area contributed by atoms with Crippen LogP contribution in [-0.4, -0.2) is 21.5 Å². The number of thiocarbonyl (C=S) groups is 1. The van der Waals surface area contributed by atoms with E-state index in [4.69, 9.17) is 23.8 Å². The number of nitrogens with zero attached hydrogens (tertiary/aromatic N) is 1. The smallest absolute Gasteiger partial charge is 0.191 e. The van der Waals surface area contributed by atoms with Crippen molar-refractivity contribution in [3.8, 4) is 11.5 Å². The molecule has 0 atom stereocenters. The number of nitrogens with one attached hydrogen (secondary N) is 2. The van der Waals surface area contributed by atoms with Gasteiger partial charge in [-0.25, -0.2) is 0 Å². The van der Waals surface area contributed by atoms with Crippen molar-refractivity contribution in [2.75, 3.05) is 5.32 Å². The minimum Gasteiger partial charge on any atom is -0.504 e. The van der Waals surface area contributed by atoms with Gasteiger partial charge in [0.05, 0.1) is 6.21 Å². The SMILES string of the molecule is Cc1c(Cl)cccc1NC(=S)N/N=C/c1ccc(O)c(O)c1. The Kier molecular flexibility index (Phi) is 5.19. The van der Waals surface area contributed by atoms with Crippen molar-refractivity contribution >= 4 is 40.8 Å². The van der Waals surface area contributed by atoms with Crippen LogP contribution >= 0.6 is 23.8 Å². The van der Waals surface area contributed by atoms with Crippen molar-refractivity contribution in [2.45, 2.75) is 6.92 Å². The Morgan fingerprint density at radius 2 is 2.00 bits per heavy atom. The maximum absolute atomic E-state index is 9.38. The quantitative estimate of drug-likeness (QED) is 0.299. The molecule has 5 nitrogen and oxygen atoms in total. The molecule has 0 unspecified atom stereocenters. The van der Waals surface area contributed by atoms with E-state index >= 15 is 0 Å². The molecule has 0 aliphatic heterocycles. The maximum atomic E-state index is 9.38. The summed E-state index contributed by atoms with van der Waals surface area (Å²) in [6.07, 6.45) is 1.47. The lowest BCUT2D eigenvalue weighted by molar-refractivity contribution is 0.403. The fraction of sp³-hybridized carbons (Fsp3) is 0.0667. The third-order valence-electron chi connectivity index (χ3n) is 2.90. The van der Waals surface area contributed by atoms with Crippen molar-refractivity contribution in [3.05, 3.63) is 52.5 Å². The van der Waals surface area contributed by atoms with Gasteiger partial charge in [-0.1, -0.05) is 17.7 Å². The van der Waals surface area contributed by atoms with E-state index in [2.05, 4.69) is 15.8 Å². The van der Waals surface area contributed by atoms with Crippen molar-refractivity contribution in [1.29, 1.82) is 0 Å². The van der Waals surface area contributed by atoms with E-state index in [0.29, 0.717) is 15.7 Å². The summed E-state index contributed by atoms with van der Waals surface area (Å²) in [6.45, 7) is 1.88. The molecule has 2 rings (SSSR count). The number of halogens is 1. The predicted octanol–water partition coefficient (Wildman–Crippen LogP) is 3.38. The number of anilines is 1. The van der Waals surface area contributed by atoms with Crippen LogP contribution in [0.25, 0.3) is 0 Å². The number of phenols is 2. The highest BCUT2D eigenvalue weighted by Crippen LogP contribution is 2.24. The topological polar surface area (TPSA) is 76.9 Å². The first-order chi connectivity index (χ1) is 10.5. The molecule has 2 aromatic carbocycles. The lowest BCUT2D eigenvalue weighted by Gasteiger charge is -2.10. The molecule has 0 spiro atoms. The van der Waals surface area contributed by atoms with E-state index in [9.17, 15) is 10.2 Å². The molecule has 0 saturated heterocycles. The molecule has 0 amide bonds. The number of phenolic OH excluding ortho intramolecular Hbond substituents is 2. The summed E-state index contributed by atoms with van der Waals surface area (Å²) in [7, 11) is 0. The van der Waals surface area contributed by atoms with Crippen LogP contribution in [0.2, 0.25) is 5.02 Å². The molecule has 22 heavy (non-hydrogen) atoms. The highest BCUT2D eigenvalue weighted by Gasteiger charge is 2.03. The monoisotopic (exact) mass is 335 g/mol. The first kappa shape index (κ1) is 16.1. The molecule has 0 bridgehead atoms. The largest absolute Gasteiger partial charge is 0.504 e. The summed E-state index contributed by atoms with van der Waals surface area (Å²) in [4.78, 5) is 0. The molecule has 0 aliphatic carbocycles. The third-order valence-corrected chi connectivity index (χ3v) is 3.50. The average Bonchev–Trinajstić information content (AvgIpc) is 2.48. The molecule has 0 aromatic heterocycles. The van der Waals surface area contributed by atoms with Gasteiger partial charge < -0.3 is 15.5 Å². The Labute approximate surface area is 138 Å². The number of hydrogen-bond donors (Lipinski definition) is 4. The number of hydrazone groups is 1. The van der Waals surface area contributed by atoms with Gasteiger partial charge in [0.1, 0.15) is 0 Å². The standard InChI is InChI=1S/C15H14ClN3O2S/c1-9-11(16)3-2-4-12(9)18-15(22)19-17-8-10-5-6-13(20)14(21)7-10/h2-8,20-21H,1H3,(H2,18,19,22)/b17-8+. The Bertz CT molecular complexity index is 735. The van der Waals surface area contributed by atoms with E-state index in [-0.39, 0.29) is 11.5 Å². The Hall–Kier alpha value is -2.31. The van der Waals surface area contributed by atoms with Gasteiger partial charge in [-0.05, 0) is 60.6 Å². The summed E-state index contributed by atoms with van der Waals surface area (Å²) in [6, 6.07) is 9.85. The minimum absolute atomic E-state index is 0.182. The van der Waals surface area contributed by atoms with Crippen molar-refractivity contribution < 1.29 is 10.2 Å². The average molecular weight is 336 g/mol. The van der Waals surface area contributed by atoms with E-state index in [1.54, 1.807) is 12.1 Å². The Morgan fingerprint density at radius 3 is 2.73 bits per heavy atom. The molecule has 0 aliphatic rings. The normalized spacial score (nSPS) is 10.6. The minimum atomic E-state index is -0.209. The fourth-order valence-electron chi connectivity index (χ4n) is 1.68. The first-order valence-corrected chi connectivity index (χ1v) is 7.13. The van der Waals surface area contributed by atoms with E-state index in [0.717, 1.165) is 11.3 Å². The van der Waals surface area contributed by atoms with Gasteiger partial charge >= 0.3 is 0 Å². The van der Waals surface area contributed by atoms with Gasteiger partial charge in [0, 0.05) is 10.7 Å². The summed E-state index contributed by atoms with van der Waals surface area (Å²) in [5.74, 6) is -0.391. The van der Waals surface area contributed by atoms with Crippen LogP contribution in [0.4, 0.5) is 5.69 Å². The second-order valence-electron chi connectivity index (χ2n) is 4.48. The molecule has 0 fully saturated rings. The van der Waals surface area contributed by atoms with Crippen molar-refractivity contribution in [2.24, 2.45) is 5.10 Å². The zero-order valence-corrected chi connectivity index (χ0v) is 13.2. The Balaban J connectivity index is 1.96. The van der Waals surface area contributed by atoms with E-state index in [1.807, 2.05) is 19.1 Å². The number of rotatable bonds is 3. The molecule has 0 saturated carbocycles. The van der Waals surface area contributed by atoms with E-state index in [1.165, 1.54) is 18.3 Å². The summed E-state index contributed by atoms with van der Waals surface area (Å²) >= 11 is 11.2. The number of aromatic hydroxyl groups is 2. The van der Waals surface area contributed by atoms with Gasteiger partial charge in [0.2, 0.25) is 0 Å². The van der Waals surface area contributed by atoms with Gasteiger partial charge in [-0.15, -0.1) is 0 Å². The van der Waals surface area contributed by atoms with Crippen LogP contribution in [0, 0.1) is 6.92 Å². The molecule has 2 aromatic rings. The molecule has 4 N–H and O–H groups in total. The van der Waals surface area contributed by atoms with Crippen LogP contribution < -0.4 is 10.7 Å². The van der Waals surface area contributed by atoms with Gasteiger partial charge in [-0.3, -0.25) is 5.43 Å². The Morgan fingerprint density at radius 1 is 1.23 bits per heavy atom. The van der Waals surface area contributed by atoms with Gasteiger partial charge in [0.25, 0.3) is 0 Å². The third kappa shape index (κ3) is 4.09. The molecular weight excluding hydrogens is 322 g/mol. The number of benzene rings is 2. The van der Waals surface area contributed by atoms with Crippen molar-refractivity contribution in [1.82, 2.24) is 5.43 Å². The second-order valence-corrected chi connectivity index (χ2v) is 5.30. The predicted molar refractivity (Wildman–Crippen MR) is 92.9 cm³/mol. The second kappa shape index (κ2) is 7.11. The van der Waals surface area contributed by atoms with Crippen molar-refractivity contribution in [3.63, 3.8) is 0 Å². The molecule has 7 heteroatoms. The van der Waals surface area contributed by atoms with Crippen LogP contribution in [0.5, 0.6) is 11.5 Å². The van der Waals surface area contributed by atoms with Gasteiger partial charge in [-0.2, -0.15) is 5.10 Å². The zero-order valence-electron chi connectivity index (χ0n) is 11.7. The van der Waals surface area contributed by atoms with Crippen LogP contribution in [0.3, 0.4) is 0 Å². The maximum Gasteiger partial charge on any atom is 0.191 e. The van der Waals surface area contributed by atoms with Crippen LogP contribution in [0.15, 0.2) is 41.5 Å². The first-order valence-electron chi connectivity index (χ1n) is 6.34. The molecular formula is C15H14ClN3O2S. The summed E-state index contributed by atoms with van der Waals surface area (Å²) in [5, 5.41) is 26.5. The fourth-order valence-corrected chi connectivity index (χ4v) is 2.02. The molecule has 0 heterocycles. The highest BCUT2D eigenvalue weighted by molar-refractivity contribution is 7.80. The highest BCUT2D eigenvalue weighted by atomic mass is 35.5. The van der Waals surface area contributed by atoms with Crippen LogP contribution in [0.1, 0.15) is 11.1 Å². The van der Waals surface area contributed by atoms with Crippen LogP contribution in [-0.2, 0) is 0 Å². The lowest BCUT2D eigenvalue weighted by Crippen LogP contribution is -2.24. The zero-order chi connectivity index (χ0) is 16.1. The number of hydrogen-bond acceptors (Lipinski definition) is 4. The molecule has 114 valence electrons.